The number of benzene rings is 2. The van der Waals surface area contributed by atoms with Crippen LogP contribution in [0.25, 0.3) is 10.9 Å². The van der Waals surface area contributed by atoms with Gasteiger partial charge in [0.2, 0.25) is 11.8 Å². The first-order valence-electron chi connectivity index (χ1n) is 14.8. The van der Waals surface area contributed by atoms with Crippen molar-refractivity contribution in [2.75, 3.05) is 13.7 Å². The van der Waals surface area contributed by atoms with Gasteiger partial charge in [0.1, 0.15) is 24.0 Å². The Morgan fingerprint density at radius 2 is 1.91 bits per heavy atom. The molecule has 10 nitrogen and oxygen atoms in total. The fourth-order valence-corrected chi connectivity index (χ4v) is 5.44. The molecule has 1 aliphatic rings. The van der Waals surface area contributed by atoms with Gasteiger partial charge in [0.25, 0.3) is 0 Å². The number of ether oxygens (including phenoxy) is 2. The topological polar surface area (TPSA) is 150 Å². The summed E-state index contributed by atoms with van der Waals surface area (Å²) in [4.78, 5) is 55.4. The minimum absolute atomic E-state index is 0.0149. The third kappa shape index (κ3) is 8.34. The summed E-state index contributed by atoms with van der Waals surface area (Å²) in [5.74, 6) is -1.93. The first kappa shape index (κ1) is 32.0. The maximum atomic E-state index is 13.7. The molecule has 0 bridgehead atoms. The van der Waals surface area contributed by atoms with Crippen molar-refractivity contribution in [3.63, 3.8) is 0 Å². The smallest absolute Gasteiger partial charge is 0.348 e. The van der Waals surface area contributed by atoms with E-state index in [0.29, 0.717) is 30.8 Å². The van der Waals surface area contributed by atoms with Crippen LogP contribution in [-0.2, 0) is 25.7 Å². The van der Waals surface area contributed by atoms with E-state index in [4.69, 9.17) is 9.47 Å². The summed E-state index contributed by atoms with van der Waals surface area (Å²) in [6, 6.07) is 17.4. The van der Waals surface area contributed by atoms with Gasteiger partial charge in [-0.25, -0.2) is 4.79 Å². The summed E-state index contributed by atoms with van der Waals surface area (Å²) in [6.45, 7) is 4.43. The van der Waals surface area contributed by atoms with Gasteiger partial charge in [0.15, 0.2) is 5.78 Å². The van der Waals surface area contributed by atoms with Crippen LogP contribution >= 0.6 is 0 Å². The second-order valence-corrected chi connectivity index (χ2v) is 11.4. The van der Waals surface area contributed by atoms with Crippen molar-refractivity contribution in [3.8, 4) is 11.8 Å². The van der Waals surface area contributed by atoms with Crippen LogP contribution in [0.15, 0.2) is 66.2 Å². The molecule has 0 radical (unpaired) electrons. The first-order valence-corrected chi connectivity index (χ1v) is 14.8. The number of Topliss-reactive ketones (excluding diaryl/α,β-unsaturated/α-hetero) is 1. The highest BCUT2D eigenvalue weighted by atomic mass is 16.5. The Bertz CT molecular complexity index is 1570. The molecule has 1 aromatic heterocycles. The van der Waals surface area contributed by atoms with E-state index in [2.05, 4.69) is 15.6 Å². The molecule has 2 heterocycles. The second-order valence-electron chi connectivity index (χ2n) is 11.4. The van der Waals surface area contributed by atoms with E-state index < -0.39 is 29.8 Å². The van der Waals surface area contributed by atoms with Gasteiger partial charge in [0, 0.05) is 41.7 Å². The number of carbonyl (C=O) groups is 4. The van der Waals surface area contributed by atoms with E-state index >= 15 is 0 Å². The zero-order valence-corrected chi connectivity index (χ0v) is 25.2. The zero-order chi connectivity index (χ0) is 31.6. The SMILES string of the molecule is COc1cccc2[nH]c(C(=O)C[C@@H](CC(C)C)C(=O)N[C@H](/C=C(/C#N)C(=O)OCc3ccccc3)C[C@@H]3CCNC3=O)cc12. The average molecular weight is 599 g/mol. The number of nitrogens with zero attached hydrogens (tertiary/aromatic N) is 1. The predicted octanol–water partition coefficient (Wildman–Crippen LogP) is 4.62. The van der Waals surface area contributed by atoms with Gasteiger partial charge in [-0.1, -0.05) is 50.2 Å². The molecule has 3 aromatic rings. The number of fused-ring (bicyclic) bond motifs is 1. The van der Waals surface area contributed by atoms with E-state index in [1.54, 1.807) is 25.3 Å². The molecular weight excluding hydrogens is 560 g/mol. The zero-order valence-electron chi connectivity index (χ0n) is 25.2. The molecule has 1 aliphatic heterocycles. The van der Waals surface area contributed by atoms with E-state index in [9.17, 15) is 24.4 Å². The summed E-state index contributed by atoms with van der Waals surface area (Å²) in [5.41, 5.74) is 1.62. The van der Waals surface area contributed by atoms with E-state index in [1.165, 1.54) is 6.08 Å². The Balaban J connectivity index is 1.53. The Morgan fingerprint density at radius 3 is 2.57 bits per heavy atom. The van der Waals surface area contributed by atoms with Crippen LogP contribution < -0.4 is 15.4 Å². The van der Waals surface area contributed by atoms with Crippen LogP contribution in [-0.4, -0.2) is 48.2 Å². The average Bonchev–Trinajstić information content (AvgIpc) is 3.64. The normalized spacial score (nSPS) is 16.2. The minimum Gasteiger partial charge on any atom is -0.496 e. The molecule has 1 fully saturated rings. The Kier molecular flexibility index (Phi) is 10.9. The number of aromatic nitrogens is 1. The number of H-pyrrole nitrogens is 1. The van der Waals surface area contributed by atoms with E-state index in [0.717, 1.165) is 16.5 Å². The van der Waals surface area contributed by atoms with Crippen LogP contribution in [0.1, 0.15) is 55.6 Å². The van der Waals surface area contributed by atoms with Crippen molar-refractivity contribution in [3.05, 3.63) is 77.5 Å². The van der Waals surface area contributed by atoms with Gasteiger partial charge in [0.05, 0.1) is 12.8 Å². The molecule has 0 spiro atoms. The van der Waals surface area contributed by atoms with Gasteiger partial charge < -0.3 is 25.1 Å². The van der Waals surface area contributed by atoms with Crippen molar-refractivity contribution in [1.82, 2.24) is 15.6 Å². The van der Waals surface area contributed by atoms with Crippen LogP contribution in [0.2, 0.25) is 0 Å². The lowest BCUT2D eigenvalue weighted by atomic mass is 9.90. The summed E-state index contributed by atoms with van der Waals surface area (Å²) in [7, 11) is 1.56. The molecule has 2 amide bonds. The summed E-state index contributed by atoms with van der Waals surface area (Å²) < 4.78 is 10.8. The van der Waals surface area contributed by atoms with Gasteiger partial charge in [-0.05, 0) is 55.0 Å². The standard InChI is InChI=1S/C34H38N4O6/c1-21(2)14-24(17-30(39)29-18-27-28(38-29)10-7-11-31(27)43-3)33(41)37-26(15-23-12-13-36-32(23)40)16-25(19-35)34(42)44-20-22-8-5-4-6-9-22/h4-11,16,18,21,23-24,26,38H,12-15,17,20H2,1-3H3,(H,36,40)(H,37,41)/b25-16-/t23-,24+,26-/m0/s1. The number of esters is 1. The Hall–Kier alpha value is -4.91. The van der Waals surface area contributed by atoms with E-state index in [1.807, 2.05) is 56.3 Å². The number of nitrogens with one attached hydrogen (secondary N) is 3. The molecular formula is C34H38N4O6. The fourth-order valence-electron chi connectivity index (χ4n) is 5.44. The number of amides is 2. The van der Waals surface area contributed by atoms with Crippen molar-refractivity contribution in [1.29, 1.82) is 5.26 Å². The van der Waals surface area contributed by atoms with Crippen molar-refractivity contribution >= 4 is 34.5 Å². The van der Waals surface area contributed by atoms with Gasteiger partial charge in [-0.2, -0.15) is 5.26 Å². The molecule has 0 unspecified atom stereocenters. The molecule has 44 heavy (non-hydrogen) atoms. The third-order valence-corrected chi connectivity index (χ3v) is 7.65. The van der Waals surface area contributed by atoms with Crippen LogP contribution in [0.4, 0.5) is 0 Å². The monoisotopic (exact) mass is 598 g/mol. The fraction of sp³-hybridized carbons (Fsp3) is 0.382. The van der Waals surface area contributed by atoms with Crippen molar-refractivity contribution in [2.45, 2.75) is 52.2 Å². The number of rotatable bonds is 14. The lowest BCUT2D eigenvalue weighted by molar-refractivity contribution is -0.139. The highest BCUT2D eigenvalue weighted by Gasteiger charge is 2.31. The lowest BCUT2D eigenvalue weighted by Crippen LogP contribution is -2.41. The van der Waals surface area contributed by atoms with E-state index in [-0.39, 0.29) is 42.6 Å². The molecule has 3 N–H and O–H groups in total. The summed E-state index contributed by atoms with van der Waals surface area (Å²) in [6.07, 6.45) is 2.50. The first-order chi connectivity index (χ1) is 21.2. The number of hydrogen-bond donors (Lipinski definition) is 3. The number of nitriles is 1. The van der Waals surface area contributed by atoms with Crippen molar-refractivity contribution < 1.29 is 28.7 Å². The lowest BCUT2D eigenvalue weighted by Gasteiger charge is -2.23. The predicted molar refractivity (Wildman–Crippen MR) is 164 cm³/mol. The number of hydrogen-bond acceptors (Lipinski definition) is 7. The highest BCUT2D eigenvalue weighted by Crippen LogP contribution is 2.28. The largest absolute Gasteiger partial charge is 0.496 e. The Labute approximate surface area is 256 Å². The van der Waals surface area contributed by atoms with Crippen LogP contribution in [0.5, 0.6) is 5.75 Å². The van der Waals surface area contributed by atoms with Crippen LogP contribution in [0.3, 0.4) is 0 Å². The molecule has 230 valence electrons. The maximum Gasteiger partial charge on any atom is 0.348 e. The number of methoxy groups -OCH3 is 1. The van der Waals surface area contributed by atoms with Gasteiger partial charge >= 0.3 is 5.97 Å². The molecule has 0 aliphatic carbocycles. The Morgan fingerprint density at radius 1 is 1.14 bits per heavy atom. The molecule has 0 saturated carbocycles. The molecule has 10 heteroatoms. The van der Waals surface area contributed by atoms with Crippen molar-refractivity contribution in [2.24, 2.45) is 17.8 Å². The second kappa shape index (κ2) is 15.0. The highest BCUT2D eigenvalue weighted by molar-refractivity contribution is 6.02. The summed E-state index contributed by atoms with van der Waals surface area (Å²) >= 11 is 0. The van der Waals surface area contributed by atoms with Gasteiger partial charge in [-0.3, -0.25) is 14.4 Å². The molecule has 3 atom stereocenters. The molecule has 1 saturated heterocycles. The molecule has 2 aromatic carbocycles. The van der Waals surface area contributed by atoms with Crippen LogP contribution in [0, 0.1) is 29.1 Å². The number of carbonyl (C=O) groups excluding carboxylic acids is 4. The third-order valence-electron chi connectivity index (χ3n) is 7.65. The maximum absolute atomic E-state index is 13.7. The quantitative estimate of drug-likeness (QED) is 0.106. The molecule has 4 rings (SSSR count). The number of aromatic amines is 1. The minimum atomic E-state index is -0.824. The number of ketones is 1. The summed E-state index contributed by atoms with van der Waals surface area (Å²) in [5, 5.41) is 16.3. The van der Waals surface area contributed by atoms with Gasteiger partial charge in [-0.15, -0.1) is 0 Å².